The molecule has 2 amide bonds. The number of likely N-dealkylation sites (tertiary alicyclic amines) is 1. The van der Waals surface area contributed by atoms with Crippen LogP contribution in [0.15, 0.2) is 60.7 Å². The van der Waals surface area contributed by atoms with Gasteiger partial charge in [-0.05, 0) is 24.3 Å². The Bertz CT molecular complexity index is 736. The normalized spacial score (nSPS) is 19.2. The van der Waals surface area contributed by atoms with Gasteiger partial charge in [-0.1, -0.05) is 36.4 Å². The molecular formula is C20H22N2O4. The minimum atomic E-state index is -0.417. The molecule has 0 spiro atoms. The maximum Gasteiger partial charge on any atom is 0.260 e. The number of hydrogen-bond donors (Lipinski definition) is 1. The number of carbonyl (C=O) groups is 2. The Labute approximate surface area is 152 Å². The molecule has 1 fully saturated rings. The highest BCUT2D eigenvalue weighted by molar-refractivity contribution is 5.82. The predicted molar refractivity (Wildman–Crippen MR) is 96.6 cm³/mol. The molecule has 0 saturated carbocycles. The number of amides is 2. The van der Waals surface area contributed by atoms with Crippen molar-refractivity contribution in [2.24, 2.45) is 17.6 Å². The van der Waals surface area contributed by atoms with E-state index in [4.69, 9.17) is 15.2 Å². The van der Waals surface area contributed by atoms with Crippen LogP contribution < -0.4 is 15.2 Å². The van der Waals surface area contributed by atoms with Gasteiger partial charge in [-0.15, -0.1) is 0 Å². The van der Waals surface area contributed by atoms with E-state index < -0.39 is 11.8 Å². The Morgan fingerprint density at radius 2 is 1.50 bits per heavy atom. The molecule has 1 heterocycles. The summed E-state index contributed by atoms with van der Waals surface area (Å²) in [6.07, 6.45) is 0. The minimum absolute atomic E-state index is 0.0677. The minimum Gasteiger partial charge on any atom is -0.493 e. The number of carbonyl (C=O) groups excluding carboxylic acids is 2. The van der Waals surface area contributed by atoms with Gasteiger partial charge in [0.25, 0.3) is 5.91 Å². The molecule has 2 atom stereocenters. The lowest BCUT2D eigenvalue weighted by molar-refractivity contribution is -0.132. The first kappa shape index (κ1) is 17.8. The molecule has 2 aromatic carbocycles. The zero-order chi connectivity index (χ0) is 18.4. The summed E-state index contributed by atoms with van der Waals surface area (Å²) >= 11 is 0. The second kappa shape index (κ2) is 8.38. The van der Waals surface area contributed by atoms with E-state index in [9.17, 15) is 9.59 Å². The zero-order valence-electron chi connectivity index (χ0n) is 14.4. The van der Waals surface area contributed by atoms with Crippen molar-refractivity contribution in [2.75, 3.05) is 26.3 Å². The van der Waals surface area contributed by atoms with Gasteiger partial charge >= 0.3 is 0 Å². The third-order valence-corrected chi connectivity index (χ3v) is 4.47. The van der Waals surface area contributed by atoms with Gasteiger partial charge in [-0.25, -0.2) is 0 Å². The van der Waals surface area contributed by atoms with Crippen molar-refractivity contribution in [1.29, 1.82) is 0 Å². The molecule has 2 aromatic rings. The van der Waals surface area contributed by atoms with Crippen LogP contribution in [0.25, 0.3) is 0 Å². The summed E-state index contributed by atoms with van der Waals surface area (Å²) < 4.78 is 11.3. The van der Waals surface area contributed by atoms with Gasteiger partial charge in [-0.3, -0.25) is 9.59 Å². The standard InChI is InChI=1S/C20H22N2O4/c21-20(24)18-12-22(19(23)14-26-17-9-5-2-6-10-17)11-15(18)13-25-16-7-3-1-4-8-16/h1-10,15,18H,11-14H2,(H2,21,24)/t15-,18+/m0/s1. The molecule has 0 aromatic heterocycles. The molecule has 1 saturated heterocycles. The van der Waals surface area contributed by atoms with Gasteiger partial charge in [-0.2, -0.15) is 0 Å². The Morgan fingerprint density at radius 3 is 2.08 bits per heavy atom. The van der Waals surface area contributed by atoms with Crippen molar-refractivity contribution in [3.63, 3.8) is 0 Å². The van der Waals surface area contributed by atoms with Crippen molar-refractivity contribution in [1.82, 2.24) is 4.90 Å². The van der Waals surface area contributed by atoms with E-state index in [1.807, 2.05) is 48.5 Å². The smallest absolute Gasteiger partial charge is 0.260 e. The molecule has 0 unspecified atom stereocenters. The SMILES string of the molecule is NC(=O)[C@@H]1CN(C(=O)COc2ccccc2)C[C@H]1COc1ccccc1. The third kappa shape index (κ3) is 4.53. The van der Waals surface area contributed by atoms with Crippen LogP contribution in [-0.2, 0) is 9.59 Å². The second-order valence-corrected chi connectivity index (χ2v) is 6.29. The van der Waals surface area contributed by atoms with Gasteiger partial charge in [0.2, 0.25) is 5.91 Å². The van der Waals surface area contributed by atoms with E-state index in [1.165, 1.54) is 0 Å². The van der Waals surface area contributed by atoms with Crippen LogP contribution >= 0.6 is 0 Å². The summed E-state index contributed by atoms with van der Waals surface area (Å²) in [4.78, 5) is 25.8. The van der Waals surface area contributed by atoms with Gasteiger partial charge in [0.05, 0.1) is 12.5 Å². The lowest BCUT2D eigenvalue weighted by atomic mass is 9.96. The molecule has 2 N–H and O–H groups in total. The van der Waals surface area contributed by atoms with Gasteiger partial charge in [0, 0.05) is 19.0 Å². The van der Waals surface area contributed by atoms with Crippen molar-refractivity contribution in [3.05, 3.63) is 60.7 Å². The Morgan fingerprint density at radius 1 is 0.923 bits per heavy atom. The van der Waals surface area contributed by atoms with Crippen molar-refractivity contribution >= 4 is 11.8 Å². The average Bonchev–Trinajstić information content (AvgIpc) is 3.11. The van der Waals surface area contributed by atoms with Crippen molar-refractivity contribution in [3.8, 4) is 11.5 Å². The molecule has 6 heteroatoms. The molecule has 0 aliphatic carbocycles. The van der Waals surface area contributed by atoms with E-state index in [-0.39, 0.29) is 18.4 Å². The van der Waals surface area contributed by atoms with Crippen LogP contribution in [-0.4, -0.2) is 43.0 Å². The number of nitrogens with zero attached hydrogens (tertiary/aromatic N) is 1. The number of ether oxygens (including phenoxy) is 2. The monoisotopic (exact) mass is 354 g/mol. The summed E-state index contributed by atoms with van der Waals surface area (Å²) in [6.45, 7) is 0.995. The van der Waals surface area contributed by atoms with E-state index in [0.29, 0.717) is 25.4 Å². The van der Waals surface area contributed by atoms with Crippen LogP contribution in [0.1, 0.15) is 0 Å². The maximum atomic E-state index is 12.4. The van der Waals surface area contributed by atoms with Gasteiger partial charge < -0.3 is 20.1 Å². The predicted octanol–water partition coefficient (Wildman–Crippen LogP) is 1.70. The van der Waals surface area contributed by atoms with Crippen molar-refractivity contribution < 1.29 is 19.1 Å². The third-order valence-electron chi connectivity index (χ3n) is 4.47. The number of rotatable bonds is 7. The molecule has 3 rings (SSSR count). The van der Waals surface area contributed by atoms with Crippen LogP contribution in [0, 0.1) is 11.8 Å². The molecule has 6 nitrogen and oxygen atoms in total. The highest BCUT2D eigenvalue weighted by Gasteiger charge is 2.39. The highest BCUT2D eigenvalue weighted by Crippen LogP contribution is 2.25. The van der Waals surface area contributed by atoms with Gasteiger partial charge in [0.1, 0.15) is 11.5 Å². The Kier molecular flexibility index (Phi) is 5.73. The Balaban J connectivity index is 1.55. The quantitative estimate of drug-likeness (QED) is 0.821. The fraction of sp³-hybridized carbons (Fsp3) is 0.300. The fourth-order valence-electron chi connectivity index (χ4n) is 3.04. The molecule has 1 aliphatic heterocycles. The van der Waals surface area contributed by atoms with E-state index in [2.05, 4.69) is 0 Å². The molecule has 0 radical (unpaired) electrons. The lowest BCUT2D eigenvalue weighted by Crippen LogP contribution is -2.34. The van der Waals surface area contributed by atoms with E-state index in [0.717, 1.165) is 5.75 Å². The first-order chi connectivity index (χ1) is 12.6. The van der Waals surface area contributed by atoms with E-state index in [1.54, 1.807) is 17.0 Å². The first-order valence-corrected chi connectivity index (χ1v) is 8.56. The fourth-order valence-corrected chi connectivity index (χ4v) is 3.04. The first-order valence-electron chi connectivity index (χ1n) is 8.56. The van der Waals surface area contributed by atoms with E-state index >= 15 is 0 Å². The average molecular weight is 354 g/mol. The van der Waals surface area contributed by atoms with Crippen LogP contribution in [0.5, 0.6) is 11.5 Å². The number of hydrogen-bond acceptors (Lipinski definition) is 4. The molecule has 0 bridgehead atoms. The number of para-hydroxylation sites is 2. The highest BCUT2D eigenvalue weighted by atomic mass is 16.5. The van der Waals surface area contributed by atoms with Crippen molar-refractivity contribution in [2.45, 2.75) is 0 Å². The summed E-state index contributed by atoms with van der Waals surface area (Å²) in [5, 5.41) is 0. The maximum absolute atomic E-state index is 12.4. The Hall–Kier alpha value is -3.02. The largest absolute Gasteiger partial charge is 0.493 e. The van der Waals surface area contributed by atoms with Crippen LogP contribution in [0.3, 0.4) is 0 Å². The molecule has 136 valence electrons. The number of nitrogens with two attached hydrogens (primary N) is 1. The van der Waals surface area contributed by atoms with Crippen LogP contribution in [0.2, 0.25) is 0 Å². The molecular weight excluding hydrogens is 332 g/mol. The lowest BCUT2D eigenvalue weighted by Gasteiger charge is -2.17. The second-order valence-electron chi connectivity index (χ2n) is 6.29. The number of benzene rings is 2. The summed E-state index contributed by atoms with van der Waals surface area (Å²) in [7, 11) is 0. The van der Waals surface area contributed by atoms with Gasteiger partial charge in [0.15, 0.2) is 6.61 Å². The summed E-state index contributed by atoms with van der Waals surface area (Å²) in [6, 6.07) is 18.5. The number of primary amides is 1. The van der Waals surface area contributed by atoms with Crippen LogP contribution in [0.4, 0.5) is 0 Å². The molecule has 26 heavy (non-hydrogen) atoms. The summed E-state index contributed by atoms with van der Waals surface area (Å²) in [5.41, 5.74) is 5.52. The molecule has 1 aliphatic rings. The topological polar surface area (TPSA) is 81.9 Å². The zero-order valence-corrected chi connectivity index (χ0v) is 14.4. The summed E-state index contributed by atoms with van der Waals surface area (Å²) in [5.74, 6) is 0.240.